The number of rotatable bonds is 19. The molecule has 0 saturated carbocycles. The third-order valence-corrected chi connectivity index (χ3v) is 8.55. The van der Waals surface area contributed by atoms with Crippen molar-refractivity contribution in [1.29, 1.82) is 0 Å². The van der Waals surface area contributed by atoms with Crippen LogP contribution in [0.3, 0.4) is 0 Å². The van der Waals surface area contributed by atoms with Gasteiger partial charge in [-0.1, -0.05) is 13.0 Å². The lowest BCUT2D eigenvalue weighted by Crippen LogP contribution is -2.62. The zero-order chi connectivity index (χ0) is 26.8. The molecule has 0 fully saturated rings. The number of carboxylic acid groups (broad SMARTS) is 1. The highest BCUT2D eigenvalue weighted by molar-refractivity contribution is 6.62. The predicted molar refractivity (Wildman–Crippen MR) is 136 cm³/mol. The summed E-state index contributed by atoms with van der Waals surface area (Å²) < 4.78 is 42.5. The van der Waals surface area contributed by atoms with Gasteiger partial charge in [0.1, 0.15) is 5.67 Å². The van der Waals surface area contributed by atoms with E-state index in [0.29, 0.717) is 44.8 Å². The van der Waals surface area contributed by atoms with Crippen molar-refractivity contribution in [2.75, 3.05) is 33.0 Å². The molecule has 1 aromatic carbocycles. The summed E-state index contributed by atoms with van der Waals surface area (Å²) in [5.41, 5.74) is 0.0444. The fraction of sp³-hybridized carbons (Fsp3) is 0.600. The molecule has 1 atom stereocenters. The lowest BCUT2D eigenvalue weighted by Gasteiger charge is -2.34. The highest BCUT2D eigenvalue weighted by Crippen LogP contribution is 2.20. The molecule has 0 heterocycles. The van der Waals surface area contributed by atoms with E-state index < -0.39 is 32.3 Å². The second kappa shape index (κ2) is 17.9. The molecule has 1 unspecified atom stereocenters. The van der Waals surface area contributed by atoms with Gasteiger partial charge in [0, 0.05) is 25.9 Å². The quantitative estimate of drug-likeness (QED) is 0.147. The first-order valence-corrected chi connectivity index (χ1v) is 14.3. The molecule has 9 nitrogen and oxygen atoms in total. The van der Waals surface area contributed by atoms with E-state index >= 15 is 0 Å². The largest absolute Gasteiger partial charge is 0.524 e. The Balaban J connectivity index is 2.32. The number of benzene rings is 1. The summed E-state index contributed by atoms with van der Waals surface area (Å²) in [6.45, 7) is 9.42. The summed E-state index contributed by atoms with van der Waals surface area (Å²) in [6, 6.07) is 4.30. The Morgan fingerprint density at radius 2 is 1.61 bits per heavy atom. The first-order chi connectivity index (χ1) is 17.3. The number of carbonyl (C=O) groups excluding carboxylic acids is 1. The smallest absolute Gasteiger partial charge is 0.491 e. The number of ether oxygens (including phenoxy) is 2. The van der Waals surface area contributed by atoms with Crippen LogP contribution in [0.2, 0.25) is 0 Å². The van der Waals surface area contributed by atoms with Crippen LogP contribution in [0.15, 0.2) is 24.3 Å². The van der Waals surface area contributed by atoms with Crippen molar-refractivity contribution in [3.63, 3.8) is 0 Å². The minimum absolute atomic E-state index is 0.124. The molecule has 1 aromatic rings. The molecule has 0 aliphatic carbocycles. The molecule has 0 saturated heterocycles. The van der Waals surface area contributed by atoms with E-state index in [-0.39, 0.29) is 12.4 Å². The maximum atomic E-state index is 14.1. The Labute approximate surface area is 214 Å². The molecule has 0 bridgehead atoms. The van der Waals surface area contributed by atoms with Crippen molar-refractivity contribution >= 4 is 26.9 Å². The lowest BCUT2D eigenvalue weighted by atomic mass is 10.2. The first-order valence-electron chi connectivity index (χ1n) is 12.5. The summed E-state index contributed by atoms with van der Waals surface area (Å²) >= 11 is 0. The van der Waals surface area contributed by atoms with Gasteiger partial charge in [0.2, 0.25) is 0 Å². The van der Waals surface area contributed by atoms with Crippen LogP contribution in [-0.2, 0) is 22.8 Å². The maximum absolute atomic E-state index is 14.1. The number of carbonyl (C=O) groups is 2. The van der Waals surface area contributed by atoms with Gasteiger partial charge >= 0.3 is 20.9 Å². The number of hydrogen-bond donors (Lipinski definition) is 2. The number of halogens is 1. The van der Waals surface area contributed by atoms with Crippen molar-refractivity contribution in [2.45, 2.75) is 65.5 Å². The summed E-state index contributed by atoms with van der Waals surface area (Å²) in [4.78, 5) is 22.9. The van der Waals surface area contributed by atoms with Crippen LogP contribution < -0.4 is 10.1 Å². The monoisotopic (exact) mass is 529 g/mol. The standard InChI is InChI=1S/C25H40FNO8Si/c1-5-23(36(33-6-2,34-7-3)35-8-4)27-25(30)32-18-12-10-9-11-17-31-22-15-13-20(19-21(22)26)14-16-24(28)29/h13-16,19,23H,5-12,17-18H2,1-4H3,(H,27,30)(H,28,29)/b16-14+. The SMILES string of the molecule is CCO[Si](OCC)(OCC)C(CC)NC(=O)OCCCCCCOc1ccc(/C=C/C(=O)O)cc1F. The average Bonchev–Trinajstić information content (AvgIpc) is 2.84. The zero-order valence-corrected chi connectivity index (χ0v) is 22.7. The van der Waals surface area contributed by atoms with Crippen molar-refractivity contribution in [3.8, 4) is 5.75 Å². The Morgan fingerprint density at radius 3 is 2.14 bits per heavy atom. The molecule has 36 heavy (non-hydrogen) atoms. The summed E-state index contributed by atoms with van der Waals surface area (Å²) in [6.07, 6.45) is 5.38. The van der Waals surface area contributed by atoms with Crippen molar-refractivity contribution < 1.29 is 41.8 Å². The Hall–Kier alpha value is -2.47. The summed E-state index contributed by atoms with van der Waals surface area (Å²) in [5, 5.41) is 11.5. The number of hydrogen-bond acceptors (Lipinski definition) is 7. The van der Waals surface area contributed by atoms with E-state index in [2.05, 4.69) is 5.32 Å². The highest BCUT2D eigenvalue weighted by atomic mass is 28.4. The molecule has 204 valence electrons. The van der Waals surface area contributed by atoms with Crippen molar-refractivity contribution in [1.82, 2.24) is 5.32 Å². The second-order valence-corrected chi connectivity index (χ2v) is 10.5. The lowest BCUT2D eigenvalue weighted by molar-refractivity contribution is -0.131. The van der Waals surface area contributed by atoms with Crippen LogP contribution >= 0.6 is 0 Å². The molecule has 0 aliphatic heterocycles. The third-order valence-electron chi connectivity index (χ3n) is 5.07. The molecule has 0 aromatic heterocycles. The van der Waals surface area contributed by atoms with Crippen LogP contribution in [0.4, 0.5) is 9.18 Å². The van der Waals surface area contributed by atoms with Gasteiger partial charge in [-0.05, 0) is 76.6 Å². The van der Waals surface area contributed by atoms with E-state index in [1.54, 1.807) is 6.07 Å². The Morgan fingerprint density at radius 1 is 1.00 bits per heavy atom. The molecule has 11 heteroatoms. The normalized spacial score (nSPS) is 12.5. The highest BCUT2D eigenvalue weighted by Gasteiger charge is 2.49. The fourth-order valence-electron chi connectivity index (χ4n) is 3.46. The number of amides is 1. The summed E-state index contributed by atoms with van der Waals surface area (Å²) in [5.74, 6) is -1.52. The number of carboxylic acids is 1. The molecule has 0 radical (unpaired) electrons. The minimum atomic E-state index is -3.08. The van der Waals surface area contributed by atoms with Gasteiger partial charge in [0.15, 0.2) is 11.6 Å². The molecule has 0 spiro atoms. The molecule has 1 amide bonds. The molecular weight excluding hydrogens is 489 g/mol. The number of unbranched alkanes of at least 4 members (excludes halogenated alkanes) is 3. The Kier molecular flexibility index (Phi) is 15.7. The van der Waals surface area contributed by atoms with Crippen molar-refractivity contribution in [2.24, 2.45) is 0 Å². The van der Waals surface area contributed by atoms with E-state index in [9.17, 15) is 14.0 Å². The van der Waals surface area contributed by atoms with E-state index in [0.717, 1.165) is 25.3 Å². The molecule has 2 N–H and O–H groups in total. The van der Waals surface area contributed by atoms with Crippen LogP contribution in [-0.4, -0.2) is 64.7 Å². The van der Waals surface area contributed by atoms with Gasteiger partial charge in [-0.25, -0.2) is 14.0 Å². The van der Waals surface area contributed by atoms with Gasteiger partial charge in [0.25, 0.3) is 0 Å². The fourth-order valence-corrected chi connectivity index (χ4v) is 6.32. The van der Waals surface area contributed by atoms with Crippen LogP contribution in [0.1, 0.15) is 65.4 Å². The minimum Gasteiger partial charge on any atom is -0.491 e. The number of aliphatic carboxylic acids is 1. The topological polar surface area (TPSA) is 113 Å². The number of nitrogens with one attached hydrogen (secondary N) is 1. The maximum Gasteiger partial charge on any atom is 0.524 e. The first kappa shape index (κ1) is 31.6. The van der Waals surface area contributed by atoms with Crippen LogP contribution in [0.5, 0.6) is 5.75 Å². The van der Waals surface area contributed by atoms with E-state index in [4.69, 9.17) is 27.9 Å². The third kappa shape index (κ3) is 11.5. The van der Waals surface area contributed by atoms with Crippen molar-refractivity contribution in [3.05, 3.63) is 35.7 Å². The van der Waals surface area contributed by atoms with Crippen LogP contribution in [0, 0.1) is 5.82 Å². The van der Waals surface area contributed by atoms with E-state index in [1.807, 2.05) is 27.7 Å². The second-order valence-electron chi connectivity index (χ2n) is 7.77. The van der Waals surface area contributed by atoms with Crippen LogP contribution in [0.25, 0.3) is 6.08 Å². The van der Waals surface area contributed by atoms with Gasteiger partial charge in [-0.2, -0.15) is 0 Å². The molecule has 0 aliphatic rings. The molecule has 1 rings (SSSR count). The van der Waals surface area contributed by atoms with Gasteiger partial charge in [0.05, 0.1) is 13.2 Å². The van der Waals surface area contributed by atoms with Gasteiger partial charge in [-0.3, -0.25) is 0 Å². The average molecular weight is 530 g/mol. The van der Waals surface area contributed by atoms with Gasteiger partial charge in [-0.15, -0.1) is 0 Å². The number of alkyl carbamates (subject to hydrolysis) is 1. The summed E-state index contributed by atoms with van der Waals surface area (Å²) in [7, 11) is -3.08. The zero-order valence-electron chi connectivity index (χ0n) is 21.7. The van der Waals surface area contributed by atoms with E-state index in [1.165, 1.54) is 18.2 Å². The predicted octanol–water partition coefficient (Wildman–Crippen LogP) is 4.96. The van der Waals surface area contributed by atoms with Gasteiger partial charge < -0.3 is 33.2 Å². The molecular formula is C25H40FNO8Si. The Bertz CT molecular complexity index is 806.